The van der Waals surface area contributed by atoms with Gasteiger partial charge in [-0.1, -0.05) is 0 Å². The number of hydrogen-bond donors (Lipinski definition) is 2. The molecule has 9 nitrogen and oxygen atoms in total. The van der Waals surface area contributed by atoms with Crippen molar-refractivity contribution in [3.8, 4) is 22.8 Å². The number of aromatic nitrogens is 4. The van der Waals surface area contributed by atoms with E-state index in [1.54, 1.807) is 0 Å². The Balaban J connectivity index is 1.78. The standard InChI is InChI=1S/C17H15F3N6O3/c1-28-9-2-3-10(13(6-9)29-17(18,19)20)14-12-7-21-8-26(12)16(25-24-14)23-11-4-5-22-15(11)27/h2-3,6-8,11H,4-5H2,1H3,(H,22,27)(H,23,25). The van der Waals surface area contributed by atoms with E-state index in [9.17, 15) is 18.0 Å². The lowest BCUT2D eigenvalue weighted by atomic mass is 10.1. The summed E-state index contributed by atoms with van der Waals surface area (Å²) in [7, 11) is 1.33. The Morgan fingerprint density at radius 3 is 2.83 bits per heavy atom. The van der Waals surface area contributed by atoms with Crippen LogP contribution in [0.5, 0.6) is 11.5 Å². The van der Waals surface area contributed by atoms with Gasteiger partial charge in [0.2, 0.25) is 11.9 Å². The third-order valence-corrected chi connectivity index (χ3v) is 4.38. The molecule has 1 aliphatic rings. The van der Waals surface area contributed by atoms with Gasteiger partial charge in [-0.3, -0.25) is 9.20 Å². The van der Waals surface area contributed by atoms with Crippen molar-refractivity contribution in [1.29, 1.82) is 0 Å². The fraction of sp³-hybridized carbons (Fsp3) is 0.294. The first-order valence-corrected chi connectivity index (χ1v) is 8.53. The Morgan fingerprint density at radius 1 is 1.31 bits per heavy atom. The molecule has 0 bridgehead atoms. The first-order valence-electron chi connectivity index (χ1n) is 8.53. The quantitative estimate of drug-likeness (QED) is 0.666. The first-order chi connectivity index (χ1) is 13.9. The number of nitrogens with zero attached hydrogens (tertiary/aromatic N) is 4. The third kappa shape index (κ3) is 3.73. The van der Waals surface area contributed by atoms with Crippen LogP contribution in [-0.2, 0) is 4.79 Å². The van der Waals surface area contributed by atoms with Gasteiger partial charge in [0, 0.05) is 18.2 Å². The number of rotatable bonds is 5. The number of methoxy groups -OCH3 is 1. The number of benzene rings is 1. The fourth-order valence-electron chi connectivity index (χ4n) is 3.05. The molecule has 29 heavy (non-hydrogen) atoms. The molecule has 4 rings (SSSR count). The van der Waals surface area contributed by atoms with Crippen LogP contribution in [0.1, 0.15) is 6.42 Å². The van der Waals surface area contributed by atoms with E-state index in [2.05, 4.69) is 30.6 Å². The smallest absolute Gasteiger partial charge is 0.497 e. The zero-order valence-corrected chi connectivity index (χ0v) is 15.0. The number of halogens is 3. The van der Waals surface area contributed by atoms with Crippen LogP contribution >= 0.6 is 0 Å². The zero-order chi connectivity index (χ0) is 20.6. The number of carbonyl (C=O) groups excluding carboxylic acids is 1. The fourth-order valence-corrected chi connectivity index (χ4v) is 3.05. The molecule has 3 heterocycles. The molecule has 152 valence electrons. The predicted molar refractivity (Wildman–Crippen MR) is 94.5 cm³/mol. The summed E-state index contributed by atoms with van der Waals surface area (Å²) in [5.41, 5.74) is 0.579. The van der Waals surface area contributed by atoms with E-state index >= 15 is 0 Å². The Hall–Kier alpha value is -3.57. The van der Waals surface area contributed by atoms with Gasteiger partial charge in [-0.2, -0.15) is 0 Å². The second kappa shape index (κ2) is 7.11. The van der Waals surface area contributed by atoms with E-state index < -0.39 is 18.2 Å². The number of ether oxygens (including phenoxy) is 2. The van der Waals surface area contributed by atoms with Crippen LogP contribution in [0.15, 0.2) is 30.7 Å². The lowest BCUT2D eigenvalue weighted by Crippen LogP contribution is -2.30. The minimum atomic E-state index is -4.90. The Bertz CT molecular complexity index is 1070. The summed E-state index contributed by atoms with van der Waals surface area (Å²) < 4.78 is 49.3. The van der Waals surface area contributed by atoms with Gasteiger partial charge in [-0.15, -0.1) is 23.4 Å². The number of imidazole rings is 1. The number of hydrogen-bond acceptors (Lipinski definition) is 7. The van der Waals surface area contributed by atoms with Crippen LogP contribution in [-0.4, -0.2) is 51.5 Å². The lowest BCUT2D eigenvalue weighted by molar-refractivity contribution is -0.274. The minimum Gasteiger partial charge on any atom is -0.497 e. The highest BCUT2D eigenvalue weighted by Crippen LogP contribution is 2.37. The topological polar surface area (TPSA) is 103 Å². The Morgan fingerprint density at radius 2 is 2.14 bits per heavy atom. The van der Waals surface area contributed by atoms with Gasteiger partial charge < -0.3 is 20.1 Å². The molecular formula is C17H15F3N6O3. The maximum atomic E-state index is 12.9. The van der Waals surface area contributed by atoms with Crippen LogP contribution in [0.4, 0.5) is 19.1 Å². The van der Waals surface area contributed by atoms with E-state index in [-0.39, 0.29) is 28.9 Å². The van der Waals surface area contributed by atoms with Gasteiger partial charge in [-0.25, -0.2) is 4.98 Å². The molecule has 1 atom stereocenters. The molecule has 2 aromatic heterocycles. The van der Waals surface area contributed by atoms with E-state index in [1.807, 2.05) is 0 Å². The highest BCUT2D eigenvalue weighted by atomic mass is 19.4. The van der Waals surface area contributed by atoms with Crippen molar-refractivity contribution in [2.75, 3.05) is 19.0 Å². The van der Waals surface area contributed by atoms with Gasteiger partial charge in [-0.05, 0) is 18.6 Å². The summed E-state index contributed by atoms with van der Waals surface area (Å²) in [6.07, 6.45) is -1.47. The van der Waals surface area contributed by atoms with Gasteiger partial charge in [0.15, 0.2) is 0 Å². The molecule has 1 amide bonds. The average Bonchev–Trinajstić information content (AvgIpc) is 3.31. The first kappa shape index (κ1) is 18.8. The summed E-state index contributed by atoms with van der Waals surface area (Å²) in [5, 5.41) is 13.8. The molecule has 3 aromatic rings. The SMILES string of the molecule is COc1ccc(-c2nnc(NC3CCNC3=O)n3cncc23)c(OC(F)(F)F)c1. The number of carbonyl (C=O) groups is 1. The van der Waals surface area contributed by atoms with Crippen LogP contribution < -0.4 is 20.1 Å². The molecule has 12 heteroatoms. The molecule has 1 aromatic carbocycles. The van der Waals surface area contributed by atoms with Crippen LogP contribution in [0, 0.1) is 0 Å². The van der Waals surface area contributed by atoms with Crippen LogP contribution in [0.3, 0.4) is 0 Å². The second-order valence-electron chi connectivity index (χ2n) is 6.21. The predicted octanol–water partition coefficient (Wildman–Crippen LogP) is 2.00. The van der Waals surface area contributed by atoms with Crippen molar-refractivity contribution in [2.45, 2.75) is 18.8 Å². The molecule has 0 aliphatic carbocycles. The Labute approximate surface area is 161 Å². The molecule has 1 unspecified atom stereocenters. The summed E-state index contributed by atoms with van der Waals surface area (Å²) in [4.78, 5) is 15.8. The van der Waals surface area contributed by atoms with Crippen molar-refractivity contribution in [3.05, 3.63) is 30.7 Å². The molecule has 0 spiro atoms. The molecule has 1 saturated heterocycles. The maximum absolute atomic E-state index is 12.9. The molecule has 0 radical (unpaired) electrons. The summed E-state index contributed by atoms with van der Waals surface area (Å²) >= 11 is 0. The van der Waals surface area contributed by atoms with Gasteiger partial charge in [0.25, 0.3) is 0 Å². The number of amides is 1. The number of fused-ring (bicyclic) bond motifs is 1. The van der Waals surface area contributed by atoms with Crippen LogP contribution in [0.2, 0.25) is 0 Å². The summed E-state index contributed by atoms with van der Waals surface area (Å²) in [6.45, 7) is 0.541. The Kier molecular flexibility index (Phi) is 4.60. The normalized spacial score (nSPS) is 16.7. The molecule has 1 aliphatic heterocycles. The van der Waals surface area contributed by atoms with Gasteiger partial charge in [0.05, 0.1) is 18.8 Å². The van der Waals surface area contributed by atoms with E-state index in [1.165, 1.54) is 36.2 Å². The molecule has 0 saturated carbocycles. The highest BCUT2D eigenvalue weighted by Gasteiger charge is 2.33. The average molecular weight is 408 g/mol. The van der Waals surface area contributed by atoms with E-state index in [4.69, 9.17) is 4.74 Å². The minimum absolute atomic E-state index is 0.0614. The summed E-state index contributed by atoms with van der Waals surface area (Å²) in [5.74, 6) is -0.212. The monoisotopic (exact) mass is 408 g/mol. The van der Waals surface area contributed by atoms with Crippen molar-refractivity contribution >= 4 is 17.4 Å². The van der Waals surface area contributed by atoms with Gasteiger partial charge in [0.1, 0.15) is 29.6 Å². The number of alkyl halides is 3. The van der Waals surface area contributed by atoms with Crippen molar-refractivity contribution in [3.63, 3.8) is 0 Å². The van der Waals surface area contributed by atoms with Crippen molar-refractivity contribution in [1.82, 2.24) is 24.9 Å². The van der Waals surface area contributed by atoms with E-state index in [0.717, 1.165) is 6.07 Å². The molecule has 1 fully saturated rings. The zero-order valence-electron chi connectivity index (χ0n) is 15.0. The molecule has 2 N–H and O–H groups in total. The highest BCUT2D eigenvalue weighted by molar-refractivity contribution is 5.86. The van der Waals surface area contributed by atoms with Gasteiger partial charge >= 0.3 is 6.36 Å². The maximum Gasteiger partial charge on any atom is 0.573 e. The summed E-state index contributed by atoms with van der Waals surface area (Å²) in [6, 6.07) is 3.52. The van der Waals surface area contributed by atoms with Crippen molar-refractivity contribution in [2.24, 2.45) is 0 Å². The molecular weight excluding hydrogens is 393 g/mol. The van der Waals surface area contributed by atoms with Crippen LogP contribution in [0.25, 0.3) is 16.8 Å². The number of anilines is 1. The van der Waals surface area contributed by atoms with Crippen molar-refractivity contribution < 1.29 is 27.4 Å². The number of nitrogens with one attached hydrogen (secondary N) is 2. The second-order valence-corrected chi connectivity index (χ2v) is 6.21. The largest absolute Gasteiger partial charge is 0.573 e. The third-order valence-electron chi connectivity index (χ3n) is 4.38. The lowest BCUT2D eigenvalue weighted by Gasteiger charge is -2.16. The van der Waals surface area contributed by atoms with E-state index in [0.29, 0.717) is 18.5 Å².